The highest BCUT2D eigenvalue weighted by atomic mass is 32.2. The van der Waals surface area contributed by atoms with Gasteiger partial charge in [0.25, 0.3) is 5.91 Å². The van der Waals surface area contributed by atoms with Gasteiger partial charge in [0.1, 0.15) is 16.4 Å². The Bertz CT molecular complexity index is 1000. The molecule has 0 saturated carbocycles. The number of aryl methyl sites for hydroxylation is 1. The number of sulfonamides is 1. The van der Waals surface area contributed by atoms with Gasteiger partial charge in [-0.05, 0) is 56.5 Å². The third kappa shape index (κ3) is 4.94. The number of amides is 1. The molecule has 0 radical (unpaired) electrons. The van der Waals surface area contributed by atoms with Crippen molar-refractivity contribution in [1.82, 2.24) is 4.31 Å². The third-order valence-corrected chi connectivity index (χ3v) is 7.05. The minimum atomic E-state index is -3.71. The van der Waals surface area contributed by atoms with Crippen LogP contribution in [0.1, 0.15) is 31.7 Å². The number of benzene rings is 2. The van der Waals surface area contributed by atoms with E-state index in [1.165, 1.54) is 17.5 Å². The van der Waals surface area contributed by atoms with Gasteiger partial charge in [-0.2, -0.15) is 4.31 Å². The fraction of sp³-hybridized carbons (Fsp3) is 0.409. The topological polar surface area (TPSA) is 84.9 Å². The molecular formula is C22H28N2O5S. The number of hydrogen-bond acceptors (Lipinski definition) is 5. The first-order valence-electron chi connectivity index (χ1n) is 10.0. The summed E-state index contributed by atoms with van der Waals surface area (Å²) in [6.45, 7) is 4.53. The lowest BCUT2D eigenvalue weighted by Crippen LogP contribution is -2.36. The Balaban J connectivity index is 1.79. The summed E-state index contributed by atoms with van der Waals surface area (Å²) >= 11 is 0. The number of carbonyl (C=O) groups is 1. The zero-order chi connectivity index (χ0) is 21.7. The molecule has 0 aromatic heterocycles. The molecule has 3 rings (SSSR count). The van der Waals surface area contributed by atoms with Gasteiger partial charge in [0.05, 0.1) is 7.11 Å². The van der Waals surface area contributed by atoms with Crippen LogP contribution in [0.3, 0.4) is 0 Å². The van der Waals surface area contributed by atoms with Gasteiger partial charge < -0.3 is 14.8 Å². The second-order valence-corrected chi connectivity index (χ2v) is 9.25. The Morgan fingerprint density at radius 1 is 1.07 bits per heavy atom. The summed E-state index contributed by atoms with van der Waals surface area (Å²) in [6.07, 6.45) is 1.95. The summed E-state index contributed by atoms with van der Waals surface area (Å²) < 4.78 is 38.8. The molecule has 7 nitrogen and oxygen atoms in total. The smallest absolute Gasteiger partial charge is 0.265 e. The van der Waals surface area contributed by atoms with Crippen LogP contribution < -0.4 is 14.8 Å². The van der Waals surface area contributed by atoms with E-state index in [1.807, 2.05) is 25.1 Å². The molecule has 2 aromatic carbocycles. The van der Waals surface area contributed by atoms with Crippen molar-refractivity contribution < 1.29 is 22.7 Å². The average Bonchev–Trinajstić information content (AvgIpc) is 2.75. The molecule has 1 fully saturated rings. The summed E-state index contributed by atoms with van der Waals surface area (Å²) in [5.41, 5.74) is 1.30. The van der Waals surface area contributed by atoms with E-state index in [1.54, 1.807) is 25.1 Å². The van der Waals surface area contributed by atoms with Crippen molar-refractivity contribution in [3.05, 3.63) is 48.0 Å². The van der Waals surface area contributed by atoms with Crippen molar-refractivity contribution in [2.45, 2.75) is 44.1 Å². The monoisotopic (exact) mass is 432 g/mol. The molecule has 1 amide bonds. The summed E-state index contributed by atoms with van der Waals surface area (Å²) in [5, 5.41) is 2.75. The Morgan fingerprint density at radius 2 is 1.77 bits per heavy atom. The van der Waals surface area contributed by atoms with Crippen LogP contribution in [-0.4, -0.2) is 44.9 Å². The fourth-order valence-corrected chi connectivity index (χ4v) is 5.08. The maximum absolute atomic E-state index is 13.1. The lowest BCUT2D eigenvalue weighted by Gasteiger charge is -2.26. The lowest BCUT2D eigenvalue weighted by atomic mass is 10.2. The molecule has 0 aliphatic carbocycles. The van der Waals surface area contributed by atoms with E-state index in [2.05, 4.69) is 5.32 Å². The van der Waals surface area contributed by atoms with Gasteiger partial charge in [-0.25, -0.2) is 8.42 Å². The first kappa shape index (κ1) is 22.1. The van der Waals surface area contributed by atoms with Crippen LogP contribution in [-0.2, 0) is 14.8 Å². The highest BCUT2D eigenvalue weighted by Gasteiger charge is 2.29. The molecule has 0 unspecified atom stereocenters. The van der Waals surface area contributed by atoms with E-state index in [4.69, 9.17) is 9.47 Å². The summed E-state index contributed by atoms with van der Waals surface area (Å²) in [6, 6.07) is 12.1. The SMILES string of the molecule is COc1ccc(NC(=O)[C@H](C)Oc2ccccc2C)cc1S(=O)(=O)N1CCCCC1. The van der Waals surface area contributed by atoms with Crippen molar-refractivity contribution >= 4 is 21.6 Å². The quantitative estimate of drug-likeness (QED) is 0.723. The zero-order valence-corrected chi connectivity index (χ0v) is 18.4. The van der Waals surface area contributed by atoms with E-state index in [9.17, 15) is 13.2 Å². The number of methoxy groups -OCH3 is 1. The summed E-state index contributed by atoms with van der Waals surface area (Å²) in [4.78, 5) is 12.7. The number of carbonyl (C=O) groups excluding carboxylic acids is 1. The van der Waals surface area contributed by atoms with E-state index in [0.29, 0.717) is 24.5 Å². The fourth-order valence-electron chi connectivity index (χ4n) is 3.38. The molecular weight excluding hydrogens is 404 g/mol. The zero-order valence-electron chi connectivity index (χ0n) is 17.6. The maximum atomic E-state index is 13.1. The number of nitrogens with zero attached hydrogens (tertiary/aromatic N) is 1. The molecule has 1 heterocycles. The molecule has 0 spiro atoms. The largest absolute Gasteiger partial charge is 0.495 e. The van der Waals surface area contributed by atoms with E-state index < -0.39 is 16.1 Å². The van der Waals surface area contributed by atoms with Crippen LogP contribution in [0.4, 0.5) is 5.69 Å². The molecule has 0 bridgehead atoms. The molecule has 1 aliphatic heterocycles. The number of rotatable bonds is 7. The van der Waals surface area contributed by atoms with Gasteiger partial charge in [-0.15, -0.1) is 0 Å². The highest BCUT2D eigenvalue weighted by Crippen LogP contribution is 2.31. The van der Waals surface area contributed by atoms with Crippen LogP contribution in [0.2, 0.25) is 0 Å². The van der Waals surface area contributed by atoms with Gasteiger partial charge in [0.15, 0.2) is 6.10 Å². The summed E-state index contributed by atoms with van der Waals surface area (Å²) in [5.74, 6) is 0.510. The van der Waals surface area contributed by atoms with Crippen LogP contribution >= 0.6 is 0 Å². The predicted octanol–water partition coefficient (Wildman–Crippen LogP) is 3.58. The van der Waals surface area contributed by atoms with E-state index in [0.717, 1.165) is 24.8 Å². The Morgan fingerprint density at radius 3 is 2.43 bits per heavy atom. The normalized spacial score (nSPS) is 16.0. The Kier molecular flexibility index (Phi) is 6.99. The van der Waals surface area contributed by atoms with Crippen LogP contribution in [0.25, 0.3) is 0 Å². The predicted molar refractivity (Wildman–Crippen MR) is 116 cm³/mol. The second-order valence-electron chi connectivity index (χ2n) is 7.35. The average molecular weight is 433 g/mol. The van der Waals surface area contributed by atoms with Crippen molar-refractivity contribution in [2.24, 2.45) is 0 Å². The van der Waals surface area contributed by atoms with Crippen molar-refractivity contribution in [3.8, 4) is 11.5 Å². The third-order valence-electron chi connectivity index (χ3n) is 5.13. The van der Waals surface area contributed by atoms with Crippen molar-refractivity contribution in [2.75, 3.05) is 25.5 Å². The standard InChI is InChI=1S/C22H28N2O5S/c1-16-9-5-6-10-19(16)29-17(2)22(25)23-18-11-12-20(28-3)21(15-18)30(26,27)24-13-7-4-8-14-24/h5-6,9-12,15,17H,4,7-8,13-14H2,1-3H3,(H,23,25)/t17-/m0/s1. The second kappa shape index (κ2) is 9.49. The molecule has 2 aromatic rings. The number of para-hydroxylation sites is 1. The number of nitrogens with one attached hydrogen (secondary N) is 1. The van der Waals surface area contributed by atoms with Gasteiger partial charge in [0, 0.05) is 18.8 Å². The molecule has 1 saturated heterocycles. The number of ether oxygens (including phenoxy) is 2. The molecule has 1 atom stereocenters. The van der Waals surface area contributed by atoms with Gasteiger partial charge in [0.2, 0.25) is 10.0 Å². The number of anilines is 1. The molecule has 30 heavy (non-hydrogen) atoms. The highest BCUT2D eigenvalue weighted by molar-refractivity contribution is 7.89. The molecule has 1 N–H and O–H groups in total. The van der Waals surface area contributed by atoms with Crippen LogP contribution in [0.15, 0.2) is 47.4 Å². The Labute approximate surface area is 178 Å². The molecule has 8 heteroatoms. The molecule has 1 aliphatic rings. The first-order valence-corrected chi connectivity index (χ1v) is 11.5. The van der Waals surface area contributed by atoms with Gasteiger partial charge in [-0.3, -0.25) is 4.79 Å². The Hall–Kier alpha value is -2.58. The van der Waals surface area contributed by atoms with Crippen molar-refractivity contribution in [1.29, 1.82) is 0 Å². The van der Waals surface area contributed by atoms with Crippen LogP contribution in [0, 0.1) is 6.92 Å². The van der Waals surface area contributed by atoms with E-state index >= 15 is 0 Å². The number of piperidine rings is 1. The minimum absolute atomic E-state index is 0.0529. The maximum Gasteiger partial charge on any atom is 0.265 e. The van der Waals surface area contributed by atoms with Crippen molar-refractivity contribution in [3.63, 3.8) is 0 Å². The lowest BCUT2D eigenvalue weighted by molar-refractivity contribution is -0.122. The minimum Gasteiger partial charge on any atom is -0.495 e. The van der Waals surface area contributed by atoms with Gasteiger partial charge in [-0.1, -0.05) is 24.6 Å². The van der Waals surface area contributed by atoms with Gasteiger partial charge >= 0.3 is 0 Å². The van der Waals surface area contributed by atoms with E-state index in [-0.39, 0.29) is 16.6 Å². The summed E-state index contributed by atoms with van der Waals surface area (Å²) in [7, 11) is -2.28. The molecule has 162 valence electrons. The number of hydrogen-bond donors (Lipinski definition) is 1. The van der Waals surface area contributed by atoms with Crippen LogP contribution in [0.5, 0.6) is 11.5 Å². The first-order chi connectivity index (χ1) is 14.3.